The normalized spacial score (nSPS) is 13.7. The molecule has 15 rings (SSSR count). The average Bonchev–Trinajstić information content (AvgIpc) is 3.84. The van der Waals surface area contributed by atoms with Crippen LogP contribution in [0.2, 0.25) is 0 Å². The van der Waals surface area contributed by atoms with E-state index in [0.717, 1.165) is 45.0 Å². The highest BCUT2D eigenvalue weighted by atomic mass is 15.0. The fraction of sp³-hybridized carbons (Fsp3) is 0.0635. The first-order chi connectivity index (χ1) is 32.4. The number of aromatic nitrogens is 3. The summed E-state index contributed by atoms with van der Waals surface area (Å²) in [6, 6.07) is 69.7. The van der Waals surface area contributed by atoms with Crippen LogP contribution in [0, 0.1) is 0 Å². The molecule has 12 aromatic carbocycles. The van der Waals surface area contributed by atoms with E-state index in [1.807, 2.05) is 0 Å². The van der Waals surface area contributed by atoms with E-state index in [1.165, 1.54) is 98.4 Å². The summed E-state index contributed by atoms with van der Waals surface area (Å²) < 4.78 is 0. The van der Waals surface area contributed by atoms with E-state index >= 15 is 0 Å². The molecule has 0 radical (unpaired) electrons. The minimum atomic E-state index is -0.0910. The minimum absolute atomic E-state index is 0.0910. The van der Waals surface area contributed by atoms with E-state index in [1.54, 1.807) is 0 Å². The molecule has 0 N–H and O–H groups in total. The zero-order chi connectivity index (χ0) is 43.4. The third-order valence-electron chi connectivity index (χ3n) is 15.2. The van der Waals surface area contributed by atoms with Crippen molar-refractivity contribution in [1.29, 1.82) is 0 Å². The van der Waals surface area contributed by atoms with Gasteiger partial charge in [0.15, 0.2) is 17.5 Å². The van der Waals surface area contributed by atoms with Crippen LogP contribution in [0.4, 0.5) is 0 Å². The fourth-order valence-electron chi connectivity index (χ4n) is 12.1. The number of rotatable bonds is 4. The second-order valence-electron chi connectivity index (χ2n) is 19.1. The maximum absolute atomic E-state index is 5.62. The molecule has 0 saturated carbocycles. The van der Waals surface area contributed by atoms with E-state index in [0.29, 0.717) is 17.5 Å². The molecule has 2 aliphatic carbocycles. The van der Waals surface area contributed by atoms with E-state index in [2.05, 4.69) is 202 Å². The van der Waals surface area contributed by atoms with Crippen molar-refractivity contribution in [3.8, 4) is 67.5 Å². The molecule has 0 aliphatic heterocycles. The predicted octanol–water partition coefficient (Wildman–Crippen LogP) is 16.2. The van der Waals surface area contributed by atoms with Gasteiger partial charge >= 0.3 is 0 Å². The van der Waals surface area contributed by atoms with Crippen molar-refractivity contribution in [3.63, 3.8) is 0 Å². The standard InChI is InChI=1S/C63H39N3/c1-63(2)54-16-6-5-15-45(54)52-32-42(25-30-55(52)63)50-33-43-31-41-9-3-4-14-44(41)51(43)34-53(50)62-65-60(48-28-23-39-19-17-35-10-7-12-37-21-26-46(48)58(39)56(35)37)64-61(66-62)49-29-24-40-20-18-36-11-8-13-38-22-27-47(49)59(40)57(36)38/h3-30,32-34H,31H2,1-2H3. The highest BCUT2D eigenvalue weighted by Gasteiger charge is 2.35. The van der Waals surface area contributed by atoms with Crippen LogP contribution in [0.5, 0.6) is 0 Å². The van der Waals surface area contributed by atoms with E-state index < -0.39 is 0 Å². The van der Waals surface area contributed by atoms with Crippen molar-refractivity contribution >= 4 is 64.6 Å². The molecule has 0 unspecified atom stereocenters. The third kappa shape index (κ3) is 4.89. The Morgan fingerprint density at radius 1 is 0.318 bits per heavy atom. The van der Waals surface area contributed by atoms with Crippen LogP contribution in [0.1, 0.15) is 36.1 Å². The molecule has 3 heteroatoms. The minimum Gasteiger partial charge on any atom is -0.208 e. The van der Waals surface area contributed by atoms with Gasteiger partial charge in [-0.3, -0.25) is 0 Å². The number of nitrogens with zero attached hydrogens (tertiary/aromatic N) is 3. The van der Waals surface area contributed by atoms with Crippen molar-refractivity contribution < 1.29 is 0 Å². The fourth-order valence-corrected chi connectivity index (χ4v) is 12.1. The maximum atomic E-state index is 5.62. The van der Waals surface area contributed by atoms with Crippen molar-refractivity contribution in [2.45, 2.75) is 25.7 Å². The zero-order valence-electron chi connectivity index (χ0n) is 36.4. The van der Waals surface area contributed by atoms with Crippen LogP contribution < -0.4 is 0 Å². The summed E-state index contributed by atoms with van der Waals surface area (Å²) in [5.41, 5.74) is 15.7. The lowest BCUT2D eigenvalue weighted by atomic mass is 9.82. The summed E-state index contributed by atoms with van der Waals surface area (Å²) in [7, 11) is 0. The number of benzene rings is 12. The van der Waals surface area contributed by atoms with Crippen molar-refractivity contribution in [2.75, 3.05) is 0 Å². The van der Waals surface area contributed by atoms with Gasteiger partial charge in [0.05, 0.1) is 0 Å². The Morgan fingerprint density at radius 3 is 1.44 bits per heavy atom. The van der Waals surface area contributed by atoms with Gasteiger partial charge in [-0.15, -0.1) is 0 Å². The van der Waals surface area contributed by atoms with E-state index in [4.69, 9.17) is 15.0 Å². The van der Waals surface area contributed by atoms with Crippen molar-refractivity contribution in [3.05, 3.63) is 210 Å². The van der Waals surface area contributed by atoms with Gasteiger partial charge in [-0.25, -0.2) is 15.0 Å². The summed E-state index contributed by atoms with van der Waals surface area (Å²) in [6.45, 7) is 4.70. The Bertz CT molecular complexity index is 4030. The number of fused-ring (bicyclic) bond motifs is 6. The molecule has 2 aliphatic rings. The largest absolute Gasteiger partial charge is 0.208 e. The molecule has 0 amide bonds. The first-order valence-corrected chi connectivity index (χ1v) is 23.0. The van der Waals surface area contributed by atoms with Crippen molar-refractivity contribution in [2.24, 2.45) is 0 Å². The van der Waals surface area contributed by atoms with Crippen LogP contribution in [0.3, 0.4) is 0 Å². The molecular weight excluding hydrogens is 799 g/mol. The predicted molar refractivity (Wildman–Crippen MR) is 275 cm³/mol. The van der Waals surface area contributed by atoms with Gasteiger partial charge in [0, 0.05) is 22.1 Å². The van der Waals surface area contributed by atoms with E-state index in [9.17, 15) is 0 Å². The molecule has 0 atom stereocenters. The topological polar surface area (TPSA) is 38.7 Å². The molecule has 0 bridgehead atoms. The summed E-state index contributed by atoms with van der Waals surface area (Å²) in [5.74, 6) is 1.99. The molecule has 0 spiro atoms. The van der Waals surface area contributed by atoms with Crippen LogP contribution in [0.25, 0.3) is 132 Å². The third-order valence-corrected chi connectivity index (χ3v) is 15.2. The Labute approximate surface area is 381 Å². The Morgan fingerprint density at radius 2 is 0.818 bits per heavy atom. The van der Waals surface area contributed by atoms with Crippen LogP contribution in [0.15, 0.2) is 188 Å². The first kappa shape index (κ1) is 36.1. The Hall–Kier alpha value is -8.27. The van der Waals surface area contributed by atoms with Gasteiger partial charge in [0.2, 0.25) is 0 Å². The molecular formula is C63H39N3. The van der Waals surface area contributed by atoms with Gasteiger partial charge < -0.3 is 0 Å². The van der Waals surface area contributed by atoms with Gasteiger partial charge in [-0.1, -0.05) is 172 Å². The van der Waals surface area contributed by atoms with Crippen molar-refractivity contribution in [1.82, 2.24) is 15.0 Å². The summed E-state index contributed by atoms with van der Waals surface area (Å²) in [4.78, 5) is 16.8. The molecule has 0 fully saturated rings. The lowest BCUT2D eigenvalue weighted by molar-refractivity contribution is 0.660. The molecule has 1 aromatic heterocycles. The number of hydrogen-bond acceptors (Lipinski definition) is 3. The smallest absolute Gasteiger partial charge is 0.164 e. The van der Waals surface area contributed by atoms with Gasteiger partial charge in [0.25, 0.3) is 0 Å². The first-order valence-electron chi connectivity index (χ1n) is 23.0. The Balaban J connectivity index is 1.04. The maximum Gasteiger partial charge on any atom is 0.164 e. The number of hydrogen-bond donors (Lipinski definition) is 0. The van der Waals surface area contributed by atoms with E-state index in [-0.39, 0.29) is 5.41 Å². The van der Waals surface area contributed by atoms with Crippen LogP contribution in [-0.4, -0.2) is 15.0 Å². The summed E-state index contributed by atoms with van der Waals surface area (Å²) in [6.07, 6.45) is 0.888. The molecule has 3 nitrogen and oxygen atoms in total. The highest BCUT2D eigenvalue weighted by molar-refractivity contribution is 6.26. The van der Waals surface area contributed by atoms with Gasteiger partial charge in [-0.05, 0) is 157 Å². The highest BCUT2D eigenvalue weighted by Crippen LogP contribution is 2.51. The lowest BCUT2D eigenvalue weighted by Crippen LogP contribution is -2.14. The second-order valence-corrected chi connectivity index (χ2v) is 19.1. The SMILES string of the molecule is CC1(C)c2ccccc2-c2cc(-c3cc4c(cc3-c3nc(-c5ccc6ccc7cccc8ccc5c6c78)nc(-c5ccc6ccc7cccc8ccc5c6c78)n3)-c3ccccc3C4)ccc21. The molecule has 0 saturated heterocycles. The average molecular weight is 838 g/mol. The lowest BCUT2D eigenvalue weighted by Gasteiger charge is -2.21. The molecule has 13 aromatic rings. The quantitative estimate of drug-likeness (QED) is 0.166. The van der Waals surface area contributed by atoms with Gasteiger partial charge in [0.1, 0.15) is 0 Å². The zero-order valence-corrected chi connectivity index (χ0v) is 36.4. The molecule has 306 valence electrons. The Kier molecular flexibility index (Phi) is 7.07. The molecule has 66 heavy (non-hydrogen) atoms. The van der Waals surface area contributed by atoms with Crippen LogP contribution in [-0.2, 0) is 11.8 Å². The summed E-state index contributed by atoms with van der Waals surface area (Å²) in [5, 5.41) is 14.7. The van der Waals surface area contributed by atoms with Crippen LogP contribution >= 0.6 is 0 Å². The second kappa shape index (κ2) is 12.9. The van der Waals surface area contributed by atoms with Gasteiger partial charge in [-0.2, -0.15) is 0 Å². The monoisotopic (exact) mass is 837 g/mol. The summed E-state index contributed by atoms with van der Waals surface area (Å²) >= 11 is 0. The molecule has 1 heterocycles.